The number of hydrogen-bond acceptors (Lipinski definition) is 4. The summed E-state index contributed by atoms with van der Waals surface area (Å²) in [5.41, 5.74) is 6.27. The van der Waals surface area contributed by atoms with E-state index >= 15 is 0 Å². The van der Waals surface area contributed by atoms with E-state index in [0.29, 0.717) is 17.7 Å². The average Bonchev–Trinajstić information content (AvgIpc) is 2.40. The molecule has 2 heterocycles. The van der Waals surface area contributed by atoms with E-state index in [-0.39, 0.29) is 0 Å². The van der Waals surface area contributed by atoms with Crippen LogP contribution in [0.5, 0.6) is 0 Å². The Morgan fingerprint density at radius 2 is 2.11 bits per heavy atom. The first kappa shape index (κ1) is 10.6. The van der Waals surface area contributed by atoms with Gasteiger partial charge in [0, 0.05) is 12.4 Å². The fourth-order valence-corrected chi connectivity index (χ4v) is 1.78. The Bertz CT molecular complexity index is 670. The van der Waals surface area contributed by atoms with Gasteiger partial charge in [0.1, 0.15) is 5.52 Å². The number of fused-ring (bicyclic) bond motifs is 1. The summed E-state index contributed by atoms with van der Waals surface area (Å²) in [5.74, 6) is 0. The molecule has 0 bridgehead atoms. The van der Waals surface area contributed by atoms with Crippen molar-refractivity contribution in [2.45, 2.75) is 6.54 Å². The molecule has 0 aliphatic carbocycles. The highest BCUT2D eigenvalue weighted by Gasteiger charge is 2.11. The lowest BCUT2D eigenvalue weighted by molar-refractivity contribution is 0.112. The fourth-order valence-electron chi connectivity index (χ4n) is 1.78. The summed E-state index contributed by atoms with van der Waals surface area (Å²) in [6.45, 7) is 0.632. The van der Waals surface area contributed by atoms with Crippen molar-refractivity contribution < 1.29 is 9.32 Å². The molecule has 0 aliphatic rings. The quantitative estimate of drug-likeness (QED) is 0.711. The summed E-state index contributed by atoms with van der Waals surface area (Å²) in [5, 5.41) is 0. The molecule has 90 valence electrons. The predicted molar refractivity (Wildman–Crippen MR) is 66.9 cm³/mol. The normalized spacial score (nSPS) is 10.7. The highest BCUT2D eigenvalue weighted by molar-refractivity contribution is 5.93. The topological polar surface area (TPSA) is 60.1 Å². The first-order valence-corrected chi connectivity index (χ1v) is 5.57. The maximum absolute atomic E-state index is 10.8. The molecular formula is C13H11N3O2. The Morgan fingerprint density at radius 3 is 2.89 bits per heavy atom. The maximum atomic E-state index is 10.8. The summed E-state index contributed by atoms with van der Waals surface area (Å²) < 4.78 is 5.40. The van der Waals surface area contributed by atoms with Crippen molar-refractivity contribution in [2.75, 3.05) is 5.43 Å². The monoisotopic (exact) mass is 241 g/mol. The molecule has 5 heteroatoms. The number of aldehydes is 1. The SMILES string of the molecule is O=Cc1cccc2c1on2NCc1ccncc1. The van der Waals surface area contributed by atoms with E-state index in [9.17, 15) is 4.79 Å². The number of para-hydroxylation sites is 1. The molecule has 0 fully saturated rings. The zero-order valence-electron chi connectivity index (χ0n) is 9.54. The van der Waals surface area contributed by atoms with Gasteiger partial charge in [0.25, 0.3) is 0 Å². The Labute approximate surface area is 103 Å². The minimum absolute atomic E-state index is 0.564. The lowest BCUT2D eigenvalue weighted by atomic mass is 10.2. The van der Waals surface area contributed by atoms with Gasteiger partial charge < -0.3 is 4.52 Å². The standard InChI is InChI=1S/C13H11N3O2/c17-9-11-2-1-3-12-13(11)18-16(12)15-8-10-4-6-14-7-5-10/h1-7,9,15H,8H2. The van der Waals surface area contributed by atoms with E-state index < -0.39 is 0 Å². The second kappa shape index (κ2) is 4.37. The summed E-state index contributed by atoms with van der Waals surface area (Å²) in [7, 11) is 0. The van der Waals surface area contributed by atoms with Crippen LogP contribution in [0.1, 0.15) is 15.9 Å². The van der Waals surface area contributed by atoms with Crippen molar-refractivity contribution in [1.29, 1.82) is 0 Å². The van der Waals surface area contributed by atoms with Crippen molar-refractivity contribution in [3.05, 3.63) is 53.9 Å². The molecule has 0 saturated heterocycles. The highest BCUT2D eigenvalue weighted by atomic mass is 16.5. The number of rotatable bonds is 4. The molecule has 3 aromatic rings. The molecule has 3 rings (SSSR count). The van der Waals surface area contributed by atoms with Gasteiger partial charge in [-0.05, 0) is 29.8 Å². The van der Waals surface area contributed by atoms with Crippen LogP contribution >= 0.6 is 0 Å². The first-order valence-electron chi connectivity index (χ1n) is 5.57. The zero-order chi connectivity index (χ0) is 12.4. The third-order valence-corrected chi connectivity index (χ3v) is 2.73. The predicted octanol–water partition coefficient (Wildman–Crippen LogP) is 2.19. The van der Waals surface area contributed by atoms with E-state index in [4.69, 9.17) is 4.52 Å². The van der Waals surface area contributed by atoms with Crippen LogP contribution in [0.25, 0.3) is 11.1 Å². The lowest BCUT2D eigenvalue weighted by Gasteiger charge is -2.16. The number of nitrogens with one attached hydrogen (secondary N) is 1. The largest absolute Gasteiger partial charge is 0.356 e. The Morgan fingerprint density at radius 1 is 1.28 bits per heavy atom. The molecule has 18 heavy (non-hydrogen) atoms. The van der Waals surface area contributed by atoms with Crippen LogP contribution in [0.4, 0.5) is 0 Å². The van der Waals surface area contributed by atoms with E-state index in [1.54, 1.807) is 23.3 Å². The highest BCUT2D eigenvalue weighted by Crippen LogP contribution is 2.20. The summed E-state index contributed by atoms with van der Waals surface area (Å²) in [6, 6.07) is 9.30. The Balaban J connectivity index is 1.79. The van der Waals surface area contributed by atoms with Gasteiger partial charge in [-0.3, -0.25) is 15.2 Å². The number of carbonyl (C=O) groups is 1. The number of hydrogen-bond donors (Lipinski definition) is 1. The molecule has 5 nitrogen and oxygen atoms in total. The summed E-state index contributed by atoms with van der Waals surface area (Å²) >= 11 is 0. The summed E-state index contributed by atoms with van der Waals surface area (Å²) in [4.78, 5) is 16.3. The van der Waals surface area contributed by atoms with Crippen LogP contribution in [0.15, 0.2) is 47.2 Å². The van der Waals surface area contributed by atoms with E-state index in [1.165, 1.54) is 0 Å². The van der Waals surface area contributed by atoms with E-state index in [1.807, 2.05) is 24.3 Å². The van der Waals surface area contributed by atoms with Gasteiger partial charge in [0.15, 0.2) is 11.9 Å². The van der Waals surface area contributed by atoms with Crippen LogP contribution in [0.2, 0.25) is 0 Å². The van der Waals surface area contributed by atoms with Gasteiger partial charge in [-0.2, -0.15) is 0 Å². The second-order valence-corrected chi connectivity index (χ2v) is 3.89. The fraction of sp³-hybridized carbons (Fsp3) is 0.0769. The van der Waals surface area contributed by atoms with Gasteiger partial charge in [0.2, 0.25) is 0 Å². The van der Waals surface area contributed by atoms with Crippen molar-refractivity contribution in [1.82, 2.24) is 9.83 Å². The molecule has 2 aromatic heterocycles. The van der Waals surface area contributed by atoms with E-state index in [0.717, 1.165) is 17.4 Å². The van der Waals surface area contributed by atoms with Gasteiger partial charge in [-0.15, -0.1) is 4.85 Å². The molecule has 0 aliphatic heterocycles. The van der Waals surface area contributed by atoms with Crippen LogP contribution in [-0.4, -0.2) is 16.1 Å². The van der Waals surface area contributed by atoms with Gasteiger partial charge in [-0.25, -0.2) is 0 Å². The molecule has 0 saturated carbocycles. The third-order valence-electron chi connectivity index (χ3n) is 2.73. The van der Waals surface area contributed by atoms with Crippen LogP contribution in [-0.2, 0) is 6.54 Å². The molecular weight excluding hydrogens is 230 g/mol. The number of pyridine rings is 1. The Hall–Kier alpha value is -2.56. The van der Waals surface area contributed by atoms with Crippen molar-refractivity contribution in [3.8, 4) is 0 Å². The minimum Gasteiger partial charge on any atom is -0.356 e. The van der Waals surface area contributed by atoms with Gasteiger partial charge in [-0.1, -0.05) is 6.07 Å². The number of benzene rings is 1. The van der Waals surface area contributed by atoms with Crippen molar-refractivity contribution in [2.24, 2.45) is 0 Å². The number of carbonyl (C=O) groups excluding carboxylic acids is 1. The number of aromatic nitrogens is 2. The van der Waals surface area contributed by atoms with Crippen LogP contribution < -0.4 is 5.43 Å². The molecule has 1 aromatic carbocycles. The van der Waals surface area contributed by atoms with Crippen molar-refractivity contribution >= 4 is 17.4 Å². The summed E-state index contributed by atoms with van der Waals surface area (Å²) in [6.07, 6.45) is 4.28. The molecule has 1 N–H and O–H groups in total. The van der Waals surface area contributed by atoms with Gasteiger partial charge in [0.05, 0.1) is 12.1 Å². The van der Waals surface area contributed by atoms with Gasteiger partial charge >= 0.3 is 0 Å². The van der Waals surface area contributed by atoms with Crippen molar-refractivity contribution in [3.63, 3.8) is 0 Å². The average molecular weight is 241 g/mol. The molecule has 0 atom stereocenters. The molecule has 0 radical (unpaired) electrons. The lowest BCUT2D eigenvalue weighted by Crippen LogP contribution is -2.18. The van der Waals surface area contributed by atoms with Crippen LogP contribution in [0, 0.1) is 0 Å². The number of nitrogens with zero attached hydrogens (tertiary/aromatic N) is 2. The molecule has 0 amide bonds. The first-order chi connectivity index (χ1) is 8.88. The van der Waals surface area contributed by atoms with Crippen LogP contribution in [0.3, 0.4) is 0 Å². The smallest absolute Gasteiger partial charge is 0.197 e. The maximum Gasteiger partial charge on any atom is 0.197 e. The van der Waals surface area contributed by atoms with E-state index in [2.05, 4.69) is 10.4 Å². The molecule has 0 unspecified atom stereocenters. The Kier molecular flexibility index (Phi) is 2.57. The second-order valence-electron chi connectivity index (χ2n) is 3.89. The third kappa shape index (κ3) is 1.75. The molecule has 0 spiro atoms. The minimum atomic E-state index is 0.564. The zero-order valence-corrected chi connectivity index (χ0v) is 9.54.